The summed E-state index contributed by atoms with van der Waals surface area (Å²) < 4.78 is 5.03. The van der Waals surface area contributed by atoms with Gasteiger partial charge in [0.2, 0.25) is 0 Å². The van der Waals surface area contributed by atoms with Crippen LogP contribution < -0.4 is 10.5 Å². The predicted molar refractivity (Wildman–Crippen MR) is 87.3 cm³/mol. The van der Waals surface area contributed by atoms with Gasteiger partial charge in [0.25, 0.3) is 0 Å². The summed E-state index contributed by atoms with van der Waals surface area (Å²) in [7, 11) is 1.45. The summed E-state index contributed by atoms with van der Waals surface area (Å²) in [6, 6.07) is 5.77. The summed E-state index contributed by atoms with van der Waals surface area (Å²) in [4.78, 5) is 12.6. The molecule has 0 unspecified atom stereocenters. The summed E-state index contributed by atoms with van der Waals surface area (Å²) >= 11 is 24.1. The fourth-order valence-corrected chi connectivity index (χ4v) is 2.68. The van der Waals surface area contributed by atoms with Gasteiger partial charge in [-0.25, -0.2) is 0 Å². The van der Waals surface area contributed by atoms with Crippen LogP contribution >= 0.6 is 46.4 Å². The number of ether oxygens (including phenoxy) is 1. The Morgan fingerprint density at radius 3 is 2.24 bits per heavy atom. The van der Waals surface area contributed by atoms with Crippen LogP contribution in [-0.4, -0.2) is 12.9 Å². The number of hydrogen-bond acceptors (Lipinski definition) is 3. The maximum Gasteiger partial charge on any atom is 0.196 e. The Labute approximate surface area is 141 Å². The van der Waals surface area contributed by atoms with E-state index in [0.717, 1.165) is 0 Å². The third kappa shape index (κ3) is 3.22. The van der Waals surface area contributed by atoms with E-state index < -0.39 is 5.78 Å². The number of ketones is 1. The standard InChI is InChI=1S/C14H9Cl4NO2/c1-21-12-5-9(15)7(4-10(12)16)14(20)8-2-6(19)3-11(17)13(8)18/h2-5H,19H2,1H3. The second-order valence-electron chi connectivity index (χ2n) is 4.16. The minimum atomic E-state index is -0.427. The lowest BCUT2D eigenvalue weighted by molar-refractivity contribution is 0.103. The van der Waals surface area contributed by atoms with Crippen molar-refractivity contribution in [1.29, 1.82) is 0 Å². The molecule has 0 heterocycles. The van der Waals surface area contributed by atoms with Crippen molar-refractivity contribution in [3.63, 3.8) is 0 Å². The summed E-state index contributed by atoms with van der Waals surface area (Å²) in [5.41, 5.74) is 6.35. The van der Waals surface area contributed by atoms with Gasteiger partial charge in [-0.2, -0.15) is 0 Å². The fourth-order valence-electron chi connectivity index (χ4n) is 1.78. The molecule has 0 radical (unpaired) electrons. The van der Waals surface area contributed by atoms with Crippen LogP contribution in [0, 0.1) is 0 Å². The van der Waals surface area contributed by atoms with E-state index in [1.807, 2.05) is 0 Å². The van der Waals surface area contributed by atoms with Crippen molar-refractivity contribution < 1.29 is 9.53 Å². The average molecular weight is 365 g/mol. The van der Waals surface area contributed by atoms with Gasteiger partial charge in [0.15, 0.2) is 5.78 Å². The number of methoxy groups -OCH3 is 1. The molecule has 110 valence electrons. The van der Waals surface area contributed by atoms with Gasteiger partial charge in [-0.3, -0.25) is 4.79 Å². The van der Waals surface area contributed by atoms with Gasteiger partial charge in [0.05, 0.1) is 27.2 Å². The molecular weight excluding hydrogens is 356 g/mol. The Kier molecular flexibility index (Phi) is 4.89. The molecule has 21 heavy (non-hydrogen) atoms. The van der Waals surface area contributed by atoms with Gasteiger partial charge in [-0.15, -0.1) is 0 Å². The van der Waals surface area contributed by atoms with Crippen LogP contribution in [0.25, 0.3) is 0 Å². The molecule has 2 N–H and O–H groups in total. The molecule has 0 saturated carbocycles. The lowest BCUT2D eigenvalue weighted by Crippen LogP contribution is -2.05. The van der Waals surface area contributed by atoms with E-state index >= 15 is 0 Å². The average Bonchev–Trinajstić information content (AvgIpc) is 2.44. The van der Waals surface area contributed by atoms with Crippen LogP contribution in [0.2, 0.25) is 20.1 Å². The number of halogens is 4. The molecule has 2 aromatic carbocycles. The van der Waals surface area contributed by atoms with Crippen LogP contribution in [0.4, 0.5) is 5.69 Å². The van der Waals surface area contributed by atoms with Crippen LogP contribution in [-0.2, 0) is 0 Å². The highest BCUT2D eigenvalue weighted by molar-refractivity contribution is 6.45. The second kappa shape index (κ2) is 6.32. The first kappa shape index (κ1) is 16.2. The zero-order chi connectivity index (χ0) is 15.7. The van der Waals surface area contributed by atoms with Crippen molar-refractivity contribution in [1.82, 2.24) is 0 Å². The van der Waals surface area contributed by atoms with Gasteiger partial charge in [-0.05, 0) is 18.2 Å². The normalized spacial score (nSPS) is 10.5. The van der Waals surface area contributed by atoms with E-state index in [9.17, 15) is 4.79 Å². The van der Waals surface area contributed by atoms with Gasteiger partial charge in [0.1, 0.15) is 5.75 Å². The third-order valence-corrected chi connectivity index (χ3v) is 4.19. The fraction of sp³-hybridized carbons (Fsp3) is 0.0714. The summed E-state index contributed by atoms with van der Waals surface area (Å²) in [5.74, 6) is -0.0568. The number of carbonyl (C=O) groups excluding carboxylic acids is 1. The van der Waals surface area contributed by atoms with Crippen molar-refractivity contribution in [3.05, 3.63) is 55.5 Å². The Bertz CT molecular complexity index is 731. The first-order chi connectivity index (χ1) is 9.85. The van der Waals surface area contributed by atoms with E-state index in [4.69, 9.17) is 56.9 Å². The molecule has 0 aliphatic rings. The highest BCUT2D eigenvalue weighted by atomic mass is 35.5. The van der Waals surface area contributed by atoms with Crippen molar-refractivity contribution in [3.8, 4) is 5.75 Å². The Balaban J connectivity index is 2.58. The summed E-state index contributed by atoms with van der Waals surface area (Å²) in [6.07, 6.45) is 0. The molecule has 0 aromatic heterocycles. The summed E-state index contributed by atoms with van der Waals surface area (Å²) in [5, 5.41) is 0.752. The van der Waals surface area contributed by atoms with E-state index in [1.54, 1.807) is 0 Å². The van der Waals surface area contributed by atoms with Crippen LogP contribution in [0.3, 0.4) is 0 Å². The molecule has 7 heteroatoms. The largest absolute Gasteiger partial charge is 0.495 e. The quantitative estimate of drug-likeness (QED) is 0.607. The van der Waals surface area contributed by atoms with Gasteiger partial charge >= 0.3 is 0 Å². The number of nitrogens with two attached hydrogens (primary N) is 1. The molecule has 0 amide bonds. The van der Waals surface area contributed by atoms with Crippen molar-refractivity contribution >= 4 is 57.9 Å². The van der Waals surface area contributed by atoms with Crippen LogP contribution in [0.1, 0.15) is 15.9 Å². The maximum absolute atomic E-state index is 12.6. The minimum absolute atomic E-state index is 0.110. The van der Waals surface area contributed by atoms with Crippen molar-refractivity contribution in [2.75, 3.05) is 12.8 Å². The number of anilines is 1. The molecule has 0 aliphatic heterocycles. The molecule has 2 aromatic rings. The highest BCUT2D eigenvalue weighted by Gasteiger charge is 2.20. The van der Waals surface area contributed by atoms with E-state index in [-0.39, 0.29) is 31.2 Å². The monoisotopic (exact) mass is 363 g/mol. The number of rotatable bonds is 3. The number of hydrogen-bond donors (Lipinski definition) is 1. The number of carbonyl (C=O) groups is 1. The maximum atomic E-state index is 12.6. The smallest absolute Gasteiger partial charge is 0.196 e. The second-order valence-corrected chi connectivity index (χ2v) is 5.76. The van der Waals surface area contributed by atoms with Crippen molar-refractivity contribution in [2.24, 2.45) is 0 Å². The molecule has 0 aliphatic carbocycles. The molecule has 2 rings (SSSR count). The lowest BCUT2D eigenvalue weighted by Gasteiger charge is -2.10. The van der Waals surface area contributed by atoms with Gasteiger partial charge in [-0.1, -0.05) is 46.4 Å². The molecular formula is C14H9Cl4NO2. The highest BCUT2D eigenvalue weighted by Crippen LogP contribution is 2.35. The molecule has 0 fully saturated rings. The van der Waals surface area contributed by atoms with Crippen molar-refractivity contribution in [2.45, 2.75) is 0 Å². The SMILES string of the molecule is COc1cc(Cl)c(C(=O)c2cc(N)cc(Cl)c2Cl)cc1Cl. The number of benzene rings is 2. The van der Waals surface area contributed by atoms with E-state index in [0.29, 0.717) is 11.4 Å². The van der Waals surface area contributed by atoms with Gasteiger partial charge in [0, 0.05) is 22.9 Å². The topological polar surface area (TPSA) is 52.3 Å². The molecule has 0 spiro atoms. The zero-order valence-corrected chi connectivity index (χ0v) is 13.7. The molecule has 0 atom stereocenters. The Hall–Kier alpha value is -1.13. The van der Waals surface area contributed by atoms with E-state index in [1.165, 1.54) is 31.4 Å². The summed E-state index contributed by atoms with van der Waals surface area (Å²) in [6.45, 7) is 0. The predicted octanol–water partition coefficient (Wildman–Crippen LogP) is 5.12. The number of nitrogen functional groups attached to an aromatic ring is 1. The molecule has 0 bridgehead atoms. The van der Waals surface area contributed by atoms with E-state index in [2.05, 4.69) is 0 Å². The first-order valence-electron chi connectivity index (χ1n) is 5.67. The lowest BCUT2D eigenvalue weighted by atomic mass is 10.0. The first-order valence-corrected chi connectivity index (χ1v) is 7.18. The zero-order valence-electron chi connectivity index (χ0n) is 10.7. The van der Waals surface area contributed by atoms with Crippen LogP contribution in [0.5, 0.6) is 5.75 Å². The Morgan fingerprint density at radius 2 is 1.62 bits per heavy atom. The third-order valence-electron chi connectivity index (χ3n) is 2.78. The van der Waals surface area contributed by atoms with Crippen LogP contribution in [0.15, 0.2) is 24.3 Å². The Morgan fingerprint density at radius 1 is 0.952 bits per heavy atom. The van der Waals surface area contributed by atoms with Gasteiger partial charge < -0.3 is 10.5 Å². The molecule has 0 saturated heterocycles. The molecule has 3 nitrogen and oxygen atoms in total. The minimum Gasteiger partial charge on any atom is -0.495 e.